The predicted molar refractivity (Wildman–Crippen MR) is 79.8 cm³/mol. The summed E-state index contributed by atoms with van der Waals surface area (Å²) in [5, 5.41) is 7.88. The Bertz CT molecular complexity index is 402. The molecular formula is C12H19ClN4S. The number of hydrogen-bond donors (Lipinski definition) is 2. The Morgan fingerprint density at radius 1 is 1.50 bits per heavy atom. The highest BCUT2D eigenvalue weighted by molar-refractivity contribution is 7.99. The maximum atomic E-state index is 6.12. The number of nitrogens with one attached hydrogen (secondary N) is 2. The lowest BCUT2D eigenvalue weighted by Gasteiger charge is -2.15. The summed E-state index contributed by atoms with van der Waals surface area (Å²) in [5.74, 6) is 1.37. The predicted octanol–water partition coefficient (Wildman–Crippen LogP) is 3.26. The zero-order valence-corrected chi connectivity index (χ0v) is 12.3. The second-order valence-corrected chi connectivity index (χ2v) is 5.98. The number of hydrogen-bond acceptors (Lipinski definition) is 5. The number of aromatic nitrogens is 2. The Morgan fingerprint density at radius 3 is 3.00 bits per heavy atom. The topological polar surface area (TPSA) is 49.8 Å². The van der Waals surface area contributed by atoms with E-state index in [1.54, 1.807) is 6.20 Å². The van der Waals surface area contributed by atoms with Gasteiger partial charge >= 0.3 is 0 Å². The van der Waals surface area contributed by atoms with Gasteiger partial charge in [0.05, 0.1) is 6.20 Å². The minimum Gasteiger partial charge on any atom is -0.366 e. The zero-order valence-electron chi connectivity index (χ0n) is 10.7. The molecule has 0 bridgehead atoms. The van der Waals surface area contributed by atoms with Gasteiger partial charge in [0.25, 0.3) is 0 Å². The molecule has 1 saturated carbocycles. The lowest BCUT2D eigenvalue weighted by molar-refractivity contribution is 0.751. The van der Waals surface area contributed by atoms with Gasteiger partial charge in [-0.05, 0) is 32.4 Å². The van der Waals surface area contributed by atoms with Gasteiger partial charge in [-0.1, -0.05) is 11.6 Å². The molecule has 0 spiro atoms. The van der Waals surface area contributed by atoms with Crippen LogP contribution in [0.15, 0.2) is 6.20 Å². The van der Waals surface area contributed by atoms with Crippen molar-refractivity contribution in [3.63, 3.8) is 0 Å². The lowest BCUT2D eigenvalue weighted by atomic mass is 10.2. The zero-order chi connectivity index (χ0) is 13.0. The van der Waals surface area contributed by atoms with Crippen LogP contribution in [0, 0.1) is 0 Å². The monoisotopic (exact) mass is 286 g/mol. The number of thioether (sulfide) groups is 1. The molecule has 18 heavy (non-hydrogen) atoms. The summed E-state index contributed by atoms with van der Waals surface area (Å²) < 4.78 is 0. The van der Waals surface area contributed by atoms with Gasteiger partial charge in [-0.2, -0.15) is 16.7 Å². The van der Waals surface area contributed by atoms with Crippen LogP contribution in [-0.4, -0.2) is 34.1 Å². The summed E-state index contributed by atoms with van der Waals surface area (Å²) in [5.41, 5.74) is 0. The third kappa shape index (κ3) is 3.42. The van der Waals surface area contributed by atoms with Gasteiger partial charge in [0.2, 0.25) is 5.95 Å². The summed E-state index contributed by atoms with van der Waals surface area (Å²) >= 11 is 8.07. The molecule has 1 aromatic rings. The van der Waals surface area contributed by atoms with E-state index in [0.29, 0.717) is 17.0 Å². The summed E-state index contributed by atoms with van der Waals surface area (Å²) in [6, 6.07) is 0.476. The largest absolute Gasteiger partial charge is 0.366 e. The second-order valence-electron chi connectivity index (χ2n) is 4.43. The van der Waals surface area contributed by atoms with Crippen molar-refractivity contribution >= 4 is 35.1 Å². The van der Waals surface area contributed by atoms with Crippen LogP contribution in [0.1, 0.15) is 26.2 Å². The Labute approximate surface area is 117 Å². The Hall–Kier alpha value is -0.680. The smallest absolute Gasteiger partial charge is 0.224 e. The Kier molecular flexibility index (Phi) is 4.95. The average Bonchev–Trinajstić information content (AvgIpc) is 2.81. The molecule has 2 rings (SSSR count). The fourth-order valence-corrected chi connectivity index (χ4v) is 3.13. The highest BCUT2D eigenvalue weighted by Gasteiger charge is 2.24. The highest BCUT2D eigenvalue weighted by Crippen LogP contribution is 2.31. The summed E-state index contributed by atoms with van der Waals surface area (Å²) in [6.45, 7) is 2.82. The fourth-order valence-electron chi connectivity index (χ4n) is 2.19. The first kappa shape index (κ1) is 13.7. The number of anilines is 2. The van der Waals surface area contributed by atoms with Gasteiger partial charge in [0.15, 0.2) is 5.82 Å². The van der Waals surface area contributed by atoms with Crippen LogP contribution in [0.5, 0.6) is 0 Å². The Morgan fingerprint density at radius 2 is 2.33 bits per heavy atom. The quantitative estimate of drug-likeness (QED) is 0.870. The third-order valence-corrected chi connectivity index (χ3v) is 4.51. The maximum Gasteiger partial charge on any atom is 0.224 e. The van der Waals surface area contributed by atoms with Crippen LogP contribution in [0.2, 0.25) is 5.02 Å². The van der Waals surface area contributed by atoms with Crippen molar-refractivity contribution in [1.82, 2.24) is 9.97 Å². The first-order chi connectivity index (χ1) is 8.72. The molecule has 1 aliphatic rings. The van der Waals surface area contributed by atoms with Crippen LogP contribution in [0.25, 0.3) is 0 Å². The van der Waals surface area contributed by atoms with Gasteiger partial charge in [0, 0.05) is 17.8 Å². The van der Waals surface area contributed by atoms with E-state index < -0.39 is 0 Å². The average molecular weight is 287 g/mol. The second kappa shape index (κ2) is 6.48. The molecule has 2 N–H and O–H groups in total. The van der Waals surface area contributed by atoms with Crippen molar-refractivity contribution < 1.29 is 0 Å². The maximum absolute atomic E-state index is 6.12. The van der Waals surface area contributed by atoms with E-state index in [1.165, 1.54) is 19.3 Å². The molecule has 0 aromatic carbocycles. The fraction of sp³-hybridized carbons (Fsp3) is 0.667. The van der Waals surface area contributed by atoms with Crippen LogP contribution in [-0.2, 0) is 0 Å². The van der Waals surface area contributed by atoms with E-state index in [-0.39, 0.29) is 0 Å². The molecule has 1 heterocycles. The van der Waals surface area contributed by atoms with Crippen LogP contribution < -0.4 is 10.6 Å². The van der Waals surface area contributed by atoms with Crippen LogP contribution in [0.4, 0.5) is 11.8 Å². The van der Waals surface area contributed by atoms with Crippen molar-refractivity contribution in [3.05, 3.63) is 11.2 Å². The molecule has 0 radical (unpaired) electrons. The molecular weight excluding hydrogens is 268 g/mol. The number of nitrogens with zero attached hydrogens (tertiary/aromatic N) is 2. The van der Waals surface area contributed by atoms with Crippen molar-refractivity contribution in [1.29, 1.82) is 0 Å². The Balaban J connectivity index is 2.02. The molecule has 100 valence electrons. The molecule has 4 nitrogen and oxygen atoms in total. The molecule has 2 atom stereocenters. The van der Waals surface area contributed by atoms with Gasteiger partial charge in [-0.3, -0.25) is 0 Å². The van der Waals surface area contributed by atoms with E-state index in [2.05, 4.69) is 26.9 Å². The minimum atomic E-state index is 0.476. The van der Waals surface area contributed by atoms with Gasteiger partial charge in [-0.25, -0.2) is 4.98 Å². The number of rotatable bonds is 5. The first-order valence-corrected chi connectivity index (χ1v) is 7.95. The van der Waals surface area contributed by atoms with Crippen molar-refractivity contribution in [3.8, 4) is 0 Å². The lowest BCUT2D eigenvalue weighted by Crippen LogP contribution is -2.18. The SMILES string of the molecule is CCNc1ncc(Cl)c(NC2CCC(SC)C2)n1. The van der Waals surface area contributed by atoms with Gasteiger partial charge in [-0.15, -0.1) is 0 Å². The molecule has 2 unspecified atom stereocenters. The standard InChI is InChI=1S/C12H19ClN4S/c1-3-14-12-15-7-10(13)11(17-12)16-8-4-5-9(6-8)18-2/h7-9H,3-6H2,1-2H3,(H2,14,15,16,17). The molecule has 0 amide bonds. The van der Waals surface area contributed by atoms with Crippen molar-refractivity contribution in [2.24, 2.45) is 0 Å². The molecule has 1 fully saturated rings. The molecule has 6 heteroatoms. The molecule has 0 aliphatic heterocycles. The first-order valence-electron chi connectivity index (χ1n) is 6.28. The number of halogens is 1. The molecule has 1 aliphatic carbocycles. The van der Waals surface area contributed by atoms with E-state index >= 15 is 0 Å². The molecule has 0 saturated heterocycles. The minimum absolute atomic E-state index is 0.476. The van der Waals surface area contributed by atoms with Gasteiger partial charge in [0.1, 0.15) is 5.02 Å². The summed E-state index contributed by atoms with van der Waals surface area (Å²) in [7, 11) is 0. The van der Waals surface area contributed by atoms with E-state index in [0.717, 1.165) is 17.6 Å². The highest BCUT2D eigenvalue weighted by atomic mass is 35.5. The summed E-state index contributed by atoms with van der Waals surface area (Å²) in [6.07, 6.45) is 7.45. The van der Waals surface area contributed by atoms with Crippen LogP contribution >= 0.6 is 23.4 Å². The third-order valence-electron chi connectivity index (χ3n) is 3.14. The van der Waals surface area contributed by atoms with E-state index in [4.69, 9.17) is 11.6 Å². The van der Waals surface area contributed by atoms with Gasteiger partial charge < -0.3 is 10.6 Å². The normalized spacial score (nSPS) is 23.1. The van der Waals surface area contributed by atoms with E-state index in [9.17, 15) is 0 Å². The van der Waals surface area contributed by atoms with Crippen molar-refractivity contribution in [2.45, 2.75) is 37.5 Å². The molecule has 1 aromatic heterocycles. The van der Waals surface area contributed by atoms with Crippen LogP contribution in [0.3, 0.4) is 0 Å². The summed E-state index contributed by atoms with van der Waals surface area (Å²) in [4.78, 5) is 8.54. The van der Waals surface area contributed by atoms with E-state index in [1.807, 2.05) is 18.7 Å². The van der Waals surface area contributed by atoms with Crippen molar-refractivity contribution in [2.75, 3.05) is 23.4 Å².